The third kappa shape index (κ3) is 3.08. The molecule has 3 rings (SSSR count). The van der Waals surface area contributed by atoms with Crippen molar-refractivity contribution in [3.8, 4) is 11.5 Å². The zero-order valence-corrected chi connectivity index (χ0v) is 15.4. The second kappa shape index (κ2) is 6.41. The smallest absolute Gasteiger partial charge is 0.262 e. The summed E-state index contributed by atoms with van der Waals surface area (Å²) in [5, 5.41) is 0.369. The summed E-state index contributed by atoms with van der Waals surface area (Å²) in [5.74, 6) is 0.686. The highest BCUT2D eigenvalue weighted by atomic mass is 32.2. The Labute approximate surface area is 148 Å². The number of methoxy groups -OCH3 is 2. The molecule has 1 aromatic heterocycles. The molecule has 0 bridgehead atoms. The minimum Gasteiger partial charge on any atom is -0.493 e. The maximum atomic E-state index is 12.7. The first-order valence-electron chi connectivity index (χ1n) is 7.21. The Kier molecular flexibility index (Phi) is 4.44. The fourth-order valence-corrected chi connectivity index (χ4v) is 4.37. The first-order valence-corrected chi connectivity index (χ1v) is 9.47. The number of anilines is 1. The van der Waals surface area contributed by atoms with E-state index in [0.29, 0.717) is 16.7 Å². The van der Waals surface area contributed by atoms with Gasteiger partial charge in [0.25, 0.3) is 14.8 Å². The summed E-state index contributed by atoms with van der Waals surface area (Å²) in [6, 6.07) is 9.34. The molecule has 0 atom stereocenters. The van der Waals surface area contributed by atoms with Gasteiger partial charge < -0.3 is 9.47 Å². The molecule has 7 nitrogen and oxygen atoms in total. The molecule has 0 aliphatic heterocycles. The maximum absolute atomic E-state index is 12.7. The van der Waals surface area contributed by atoms with E-state index in [1.165, 1.54) is 26.4 Å². The zero-order chi connectivity index (χ0) is 18.2. The normalized spacial score (nSPS) is 11.5. The lowest BCUT2D eigenvalue weighted by molar-refractivity contribution is 0.356. The molecule has 1 heterocycles. The number of nitrogens with one attached hydrogen (secondary N) is 1. The van der Waals surface area contributed by atoms with Gasteiger partial charge in [-0.3, -0.25) is 13.5 Å². The summed E-state index contributed by atoms with van der Waals surface area (Å²) in [7, 11) is 0.749. The van der Waals surface area contributed by atoms with Crippen molar-refractivity contribution in [1.29, 1.82) is 0 Å². The van der Waals surface area contributed by atoms with Gasteiger partial charge in [0.2, 0.25) is 0 Å². The van der Waals surface area contributed by atoms with Crippen molar-refractivity contribution in [3.05, 3.63) is 45.9 Å². The van der Waals surface area contributed by atoms with E-state index in [0.717, 1.165) is 11.5 Å². The van der Waals surface area contributed by atoms with Crippen molar-refractivity contribution >= 4 is 38.1 Å². The van der Waals surface area contributed by atoms with E-state index in [4.69, 9.17) is 9.47 Å². The van der Waals surface area contributed by atoms with Crippen LogP contribution in [-0.2, 0) is 17.1 Å². The number of benzene rings is 2. The Morgan fingerprint density at radius 1 is 1.12 bits per heavy atom. The molecule has 132 valence electrons. The van der Waals surface area contributed by atoms with Gasteiger partial charge in [0.1, 0.15) is 0 Å². The SMILES string of the molecule is COc1cccc(NS(=O)(=O)c2ccc3c(c2)c(=O)sn3C)c1OC. The van der Waals surface area contributed by atoms with Crippen LogP contribution in [0.3, 0.4) is 0 Å². The molecular weight excluding hydrogens is 364 g/mol. The molecule has 0 fully saturated rings. The maximum Gasteiger partial charge on any atom is 0.262 e. The highest BCUT2D eigenvalue weighted by Crippen LogP contribution is 2.36. The predicted octanol–water partition coefficient (Wildman–Crippen LogP) is 2.42. The van der Waals surface area contributed by atoms with Gasteiger partial charge in [0.05, 0.1) is 35.7 Å². The number of aryl methyl sites for hydroxylation is 1. The van der Waals surface area contributed by atoms with E-state index in [-0.39, 0.29) is 21.1 Å². The van der Waals surface area contributed by atoms with E-state index < -0.39 is 10.0 Å². The highest BCUT2D eigenvalue weighted by Gasteiger charge is 2.20. The van der Waals surface area contributed by atoms with Crippen LogP contribution in [0.2, 0.25) is 0 Å². The predicted molar refractivity (Wildman–Crippen MR) is 97.4 cm³/mol. The molecule has 25 heavy (non-hydrogen) atoms. The Balaban J connectivity index is 2.06. The van der Waals surface area contributed by atoms with Crippen LogP contribution in [0.25, 0.3) is 10.9 Å². The molecule has 0 amide bonds. The lowest BCUT2D eigenvalue weighted by atomic mass is 10.2. The van der Waals surface area contributed by atoms with E-state index in [1.54, 1.807) is 35.3 Å². The van der Waals surface area contributed by atoms with Crippen molar-refractivity contribution in [2.45, 2.75) is 4.90 Å². The van der Waals surface area contributed by atoms with Crippen LogP contribution in [0.4, 0.5) is 5.69 Å². The Morgan fingerprint density at radius 3 is 2.56 bits per heavy atom. The van der Waals surface area contributed by atoms with Crippen LogP contribution in [0.15, 0.2) is 46.1 Å². The third-order valence-electron chi connectivity index (χ3n) is 3.70. The second-order valence-corrected chi connectivity index (χ2v) is 7.99. The average molecular weight is 380 g/mol. The van der Waals surface area contributed by atoms with E-state index in [2.05, 4.69) is 4.72 Å². The lowest BCUT2D eigenvalue weighted by Gasteiger charge is -2.14. The van der Waals surface area contributed by atoms with Gasteiger partial charge in [-0.05, 0) is 41.9 Å². The number of hydrogen-bond acceptors (Lipinski definition) is 6. The van der Waals surface area contributed by atoms with Gasteiger partial charge in [-0.1, -0.05) is 6.07 Å². The van der Waals surface area contributed by atoms with Crippen LogP contribution < -0.4 is 18.9 Å². The first-order chi connectivity index (χ1) is 11.9. The molecule has 0 radical (unpaired) electrons. The largest absolute Gasteiger partial charge is 0.493 e. The average Bonchev–Trinajstić information content (AvgIpc) is 2.88. The molecule has 0 aliphatic carbocycles. The third-order valence-corrected chi connectivity index (χ3v) is 5.92. The molecular formula is C16H16N2O5S2. The van der Waals surface area contributed by atoms with Gasteiger partial charge in [-0.25, -0.2) is 8.42 Å². The van der Waals surface area contributed by atoms with Crippen LogP contribution in [0.5, 0.6) is 11.5 Å². The van der Waals surface area contributed by atoms with E-state index in [9.17, 15) is 13.2 Å². The summed E-state index contributed by atoms with van der Waals surface area (Å²) in [4.78, 5) is 12.0. The second-order valence-electron chi connectivity index (χ2n) is 5.20. The van der Waals surface area contributed by atoms with Crippen molar-refractivity contribution in [2.75, 3.05) is 18.9 Å². The topological polar surface area (TPSA) is 86.6 Å². The van der Waals surface area contributed by atoms with Crippen molar-refractivity contribution in [1.82, 2.24) is 3.96 Å². The molecule has 0 saturated heterocycles. The molecule has 0 unspecified atom stereocenters. The monoisotopic (exact) mass is 380 g/mol. The number of rotatable bonds is 5. The molecule has 9 heteroatoms. The molecule has 2 aromatic carbocycles. The van der Waals surface area contributed by atoms with Gasteiger partial charge in [0, 0.05) is 7.05 Å². The fourth-order valence-electron chi connectivity index (χ4n) is 2.51. The number of sulfonamides is 1. The van der Waals surface area contributed by atoms with Crippen LogP contribution >= 0.6 is 11.5 Å². The highest BCUT2D eigenvalue weighted by molar-refractivity contribution is 7.92. The van der Waals surface area contributed by atoms with Crippen LogP contribution in [-0.4, -0.2) is 26.6 Å². The van der Waals surface area contributed by atoms with Crippen LogP contribution in [0, 0.1) is 0 Å². The van der Waals surface area contributed by atoms with Gasteiger partial charge in [-0.2, -0.15) is 0 Å². The Hall–Kier alpha value is -2.52. The molecule has 1 N–H and O–H groups in total. The van der Waals surface area contributed by atoms with Crippen molar-refractivity contribution in [2.24, 2.45) is 7.05 Å². The van der Waals surface area contributed by atoms with E-state index >= 15 is 0 Å². The molecule has 0 saturated carbocycles. The molecule has 0 aliphatic rings. The number of fused-ring (bicyclic) bond motifs is 1. The number of ether oxygens (including phenoxy) is 2. The first kappa shape index (κ1) is 17.3. The zero-order valence-electron chi connectivity index (χ0n) is 13.8. The van der Waals surface area contributed by atoms with Crippen LogP contribution in [0.1, 0.15) is 0 Å². The quantitative estimate of drug-likeness (QED) is 0.735. The van der Waals surface area contributed by atoms with E-state index in [1.807, 2.05) is 0 Å². The lowest BCUT2D eigenvalue weighted by Crippen LogP contribution is -2.14. The summed E-state index contributed by atoms with van der Waals surface area (Å²) in [6.07, 6.45) is 0. The van der Waals surface area contributed by atoms with Gasteiger partial charge in [-0.15, -0.1) is 0 Å². The van der Waals surface area contributed by atoms with Gasteiger partial charge >= 0.3 is 0 Å². The number of hydrogen-bond donors (Lipinski definition) is 1. The van der Waals surface area contributed by atoms with Crippen molar-refractivity contribution in [3.63, 3.8) is 0 Å². The Morgan fingerprint density at radius 2 is 1.88 bits per heavy atom. The molecule has 0 spiro atoms. The van der Waals surface area contributed by atoms with Gasteiger partial charge in [0.15, 0.2) is 11.5 Å². The number of para-hydroxylation sites is 1. The summed E-state index contributed by atoms with van der Waals surface area (Å²) >= 11 is 1.03. The fraction of sp³-hybridized carbons (Fsp3) is 0.188. The standard InChI is InChI=1S/C16H16N2O5S2/c1-18-13-8-7-10(9-11(13)16(19)24-18)25(20,21)17-12-5-4-6-14(22-2)15(12)23-3/h4-9,17H,1-3H3. The number of nitrogens with zero attached hydrogens (tertiary/aromatic N) is 1. The number of aromatic nitrogens is 1. The Bertz CT molecular complexity index is 1100. The van der Waals surface area contributed by atoms with Crippen molar-refractivity contribution < 1.29 is 17.9 Å². The summed E-state index contributed by atoms with van der Waals surface area (Å²) < 4.78 is 39.8. The minimum atomic E-state index is -3.90. The summed E-state index contributed by atoms with van der Waals surface area (Å²) in [5.41, 5.74) is 0.938. The minimum absolute atomic E-state index is 0.000345. The molecule has 3 aromatic rings. The summed E-state index contributed by atoms with van der Waals surface area (Å²) in [6.45, 7) is 0.